The number of rotatable bonds is 8. The molecular weight excluding hydrogens is 334 g/mol. The second-order valence-electron chi connectivity index (χ2n) is 5.04. The summed E-state index contributed by atoms with van der Waals surface area (Å²) in [6.07, 6.45) is 2.96. The van der Waals surface area contributed by atoms with Crippen LogP contribution < -0.4 is 9.47 Å². The molecule has 0 unspecified atom stereocenters. The van der Waals surface area contributed by atoms with Crippen molar-refractivity contribution in [3.8, 4) is 11.5 Å². The van der Waals surface area contributed by atoms with Crippen LogP contribution in [0.5, 0.6) is 11.5 Å². The fourth-order valence-corrected chi connectivity index (χ4v) is 1.85. The van der Waals surface area contributed by atoms with Crippen molar-refractivity contribution in [3.05, 3.63) is 59.1 Å². The van der Waals surface area contributed by atoms with E-state index in [1.165, 1.54) is 37.5 Å². The summed E-state index contributed by atoms with van der Waals surface area (Å²) in [6.45, 7) is 2.13. The number of allylic oxidation sites excluding steroid dienone is 2. The number of alkyl halides is 2. The fourth-order valence-electron chi connectivity index (χ4n) is 1.85. The van der Waals surface area contributed by atoms with Gasteiger partial charge in [-0.3, -0.25) is 0 Å². The van der Waals surface area contributed by atoms with Crippen LogP contribution in [0.3, 0.4) is 0 Å². The molecular formula is C18H20F2O5. The fraction of sp³-hybridized carbons (Fsp3) is 0.278. The molecule has 0 atom stereocenters. The molecule has 0 fully saturated rings. The van der Waals surface area contributed by atoms with Gasteiger partial charge in [-0.05, 0) is 57.2 Å². The largest absolute Gasteiger partial charge is 0.493 e. The van der Waals surface area contributed by atoms with Gasteiger partial charge in [-0.25, -0.2) is 4.79 Å². The first kappa shape index (κ1) is 20.2. The second kappa shape index (κ2) is 9.46. The summed E-state index contributed by atoms with van der Waals surface area (Å²) >= 11 is 0. The normalized spacial score (nSPS) is 12.0. The monoisotopic (exact) mass is 354 g/mol. The third-order valence-electron chi connectivity index (χ3n) is 3.05. The van der Waals surface area contributed by atoms with Crippen LogP contribution in [0, 0.1) is 0 Å². The summed E-state index contributed by atoms with van der Waals surface area (Å²) < 4.78 is 39.4. The molecule has 0 radical (unpaired) electrons. The third-order valence-corrected chi connectivity index (χ3v) is 3.05. The number of halogens is 2. The lowest BCUT2D eigenvalue weighted by Crippen LogP contribution is -2.06. The van der Waals surface area contributed by atoms with Gasteiger partial charge < -0.3 is 19.3 Å². The predicted molar refractivity (Wildman–Crippen MR) is 88.6 cm³/mol. The summed E-state index contributed by atoms with van der Waals surface area (Å²) in [4.78, 5) is 11.3. The van der Waals surface area contributed by atoms with Crippen molar-refractivity contribution < 1.29 is 32.9 Å². The number of hydrogen-bond donors (Lipinski definition) is 1. The van der Waals surface area contributed by atoms with Gasteiger partial charge in [0, 0.05) is 0 Å². The Bertz CT molecular complexity index is 684. The highest BCUT2D eigenvalue weighted by molar-refractivity contribution is 5.90. The summed E-state index contributed by atoms with van der Waals surface area (Å²) in [5, 5.41) is 9.24. The second-order valence-corrected chi connectivity index (χ2v) is 5.04. The van der Waals surface area contributed by atoms with E-state index < -0.39 is 12.6 Å². The molecule has 136 valence electrons. The van der Waals surface area contributed by atoms with E-state index >= 15 is 0 Å². The van der Waals surface area contributed by atoms with Gasteiger partial charge >= 0.3 is 12.6 Å². The maximum absolute atomic E-state index is 12.2. The molecule has 0 amide bonds. The smallest absolute Gasteiger partial charge is 0.387 e. The van der Waals surface area contributed by atoms with Crippen LogP contribution >= 0.6 is 0 Å². The summed E-state index contributed by atoms with van der Waals surface area (Å²) in [6, 6.07) is 5.58. The van der Waals surface area contributed by atoms with E-state index in [2.05, 4.69) is 4.74 Å². The molecule has 7 heteroatoms. The highest BCUT2D eigenvalue weighted by Gasteiger charge is 2.14. The van der Waals surface area contributed by atoms with Crippen molar-refractivity contribution in [3.63, 3.8) is 0 Å². The molecule has 25 heavy (non-hydrogen) atoms. The summed E-state index contributed by atoms with van der Waals surface area (Å²) in [7, 11) is 1.39. The first-order chi connectivity index (χ1) is 11.8. The zero-order valence-electron chi connectivity index (χ0n) is 14.4. The molecule has 0 aliphatic heterocycles. The lowest BCUT2D eigenvalue weighted by Gasteiger charge is -2.13. The van der Waals surface area contributed by atoms with E-state index in [1.54, 1.807) is 26.8 Å². The van der Waals surface area contributed by atoms with Gasteiger partial charge in [0.05, 0.1) is 12.7 Å². The molecule has 0 aliphatic rings. The van der Waals surface area contributed by atoms with Gasteiger partial charge in [0.15, 0.2) is 11.5 Å². The Morgan fingerprint density at radius 1 is 1.12 bits per heavy atom. The number of carboxylic acids is 1. The van der Waals surface area contributed by atoms with Crippen molar-refractivity contribution >= 4 is 5.97 Å². The molecule has 0 bridgehead atoms. The Kier molecular flexibility index (Phi) is 7.65. The molecule has 0 spiro atoms. The predicted octanol–water partition coefficient (Wildman–Crippen LogP) is 4.52. The summed E-state index contributed by atoms with van der Waals surface area (Å²) in [5.74, 6) is -0.228. The number of carbonyl (C=O) groups is 1. The van der Waals surface area contributed by atoms with Gasteiger partial charge in [0.2, 0.25) is 0 Å². The van der Waals surface area contributed by atoms with Crippen LogP contribution in [0.4, 0.5) is 8.78 Å². The van der Waals surface area contributed by atoms with E-state index in [1.807, 2.05) is 0 Å². The van der Waals surface area contributed by atoms with Crippen molar-refractivity contribution in [2.24, 2.45) is 0 Å². The van der Waals surface area contributed by atoms with Crippen LogP contribution in [-0.2, 0) is 9.53 Å². The van der Waals surface area contributed by atoms with E-state index in [-0.39, 0.29) is 22.8 Å². The van der Waals surface area contributed by atoms with E-state index in [0.29, 0.717) is 11.3 Å². The van der Waals surface area contributed by atoms with Crippen molar-refractivity contribution in [1.82, 2.24) is 0 Å². The number of methoxy groups -OCH3 is 1. The van der Waals surface area contributed by atoms with Crippen LogP contribution in [0.25, 0.3) is 0 Å². The summed E-state index contributed by atoms with van der Waals surface area (Å²) in [5.41, 5.74) is 0.687. The lowest BCUT2D eigenvalue weighted by atomic mass is 10.1. The number of benzene rings is 1. The SMILES string of the molecule is C/C=C(Oc1ccc(OC(F)F)cc1)\C(=C/C(C(=O)O)=C(C)C)OC. The quantitative estimate of drug-likeness (QED) is 0.422. The van der Waals surface area contributed by atoms with Crippen LogP contribution in [0.15, 0.2) is 59.1 Å². The maximum atomic E-state index is 12.2. The molecule has 1 aromatic rings. The van der Waals surface area contributed by atoms with Gasteiger partial charge in [0.25, 0.3) is 0 Å². The van der Waals surface area contributed by atoms with Crippen LogP contribution in [0.2, 0.25) is 0 Å². The van der Waals surface area contributed by atoms with E-state index in [0.717, 1.165) is 0 Å². The van der Waals surface area contributed by atoms with Crippen molar-refractivity contribution in [2.45, 2.75) is 27.4 Å². The number of carboxylic acid groups (broad SMARTS) is 1. The van der Waals surface area contributed by atoms with Gasteiger partial charge in [-0.1, -0.05) is 5.57 Å². The Morgan fingerprint density at radius 3 is 2.08 bits per heavy atom. The number of hydrogen-bond acceptors (Lipinski definition) is 4. The number of ether oxygens (including phenoxy) is 3. The van der Waals surface area contributed by atoms with E-state index in [9.17, 15) is 18.7 Å². The average Bonchev–Trinajstić information content (AvgIpc) is 2.54. The minimum absolute atomic E-state index is 0.00425. The van der Waals surface area contributed by atoms with Crippen molar-refractivity contribution in [2.75, 3.05) is 7.11 Å². The first-order valence-corrected chi connectivity index (χ1v) is 7.34. The maximum Gasteiger partial charge on any atom is 0.387 e. The number of aliphatic carboxylic acids is 1. The zero-order chi connectivity index (χ0) is 19.0. The highest BCUT2D eigenvalue weighted by Crippen LogP contribution is 2.24. The Balaban J connectivity index is 3.04. The van der Waals surface area contributed by atoms with Gasteiger partial charge in [-0.15, -0.1) is 0 Å². The lowest BCUT2D eigenvalue weighted by molar-refractivity contribution is -0.132. The molecule has 0 heterocycles. The topological polar surface area (TPSA) is 65.0 Å². The zero-order valence-corrected chi connectivity index (χ0v) is 14.4. The minimum atomic E-state index is -2.90. The first-order valence-electron chi connectivity index (χ1n) is 7.34. The third kappa shape index (κ3) is 6.29. The Hall–Kier alpha value is -2.83. The average molecular weight is 354 g/mol. The highest BCUT2D eigenvalue weighted by atomic mass is 19.3. The van der Waals surface area contributed by atoms with Gasteiger partial charge in [-0.2, -0.15) is 8.78 Å². The Labute approximate surface area is 144 Å². The molecule has 0 saturated heterocycles. The molecule has 0 aliphatic carbocycles. The van der Waals surface area contributed by atoms with Crippen LogP contribution in [-0.4, -0.2) is 24.8 Å². The molecule has 1 N–H and O–H groups in total. The molecule has 5 nitrogen and oxygen atoms in total. The molecule has 1 rings (SSSR count). The van der Waals surface area contributed by atoms with Crippen molar-refractivity contribution in [1.29, 1.82) is 0 Å². The molecule has 0 saturated carbocycles. The molecule has 1 aromatic carbocycles. The Morgan fingerprint density at radius 2 is 1.68 bits per heavy atom. The minimum Gasteiger partial charge on any atom is -0.493 e. The van der Waals surface area contributed by atoms with Gasteiger partial charge in [0.1, 0.15) is 11.5 Å². The van der Waals surface area contributed by atoms with Crippen LogP contribution in [0.1, 0.15) is 20.8 Å². The van der Waals surface area contributed by atoms with E-state index in [4.69, 9.17) is 9.47 Å². The standard InChI is InChI=1S/C18H20F2O5/c1-5-15(16(23-4)10-14(11(2)3)17(21)22)24-12-6-8-13(9-7-12)25-18(19)20/h5-10,18H,1-4H3,(H,21,22)/b15-5+,16-10+. The molecule has 0 aromatic heterocycles.